The van der Waals surface area contributed by atoms with Gasteiger partial charge in [0.1, 0.15) is 28.2 Å². The van der Waals surface area contributed by atoms with Gasteiger partial charge in [0.2, 0.25) is 0 Å². The van der Waals surface area contributed by atoms with E-state index in [4.69, 9.17) is 4.74 Å². The topological polar surface area (TPSA) is 81.1 Å². The largest absolute Gasteiger partial charge is 0.490 e. The van der Waals surface area contributed by atoms with Gasteiger partial charge in [-0.15, -0.1) is 10.2 Å². The van der Waals surface area contributed by atoms with E-state index in [0.29, 0.717) is 11.4 Å². The SMILES string of the molecule is CN1CCC(Oc2cccc(C(=O)Cc3ncc4ccc(-c5nncs5)cc4n3)c2)CC1. The highest BCUT2D eigenvalue weighted by Crippen LogP contribution is 2.25. The fourth-order valence-electron chi connectivity index (χ4n) is 3.86. The Balaban J connectivity index is 1.31. The summed E-state index contributed by atoms with van der Waals surface area (Å²) in [6.07, 6.45) is 4.09. The lowest BCUT2D eigenvalue weighted by Crippen LogP contribution is -2.35. The first-order valence-corrected chi connectivity index (χ1v) is 11.5. The van der Waals surface area contributed by atoms with Crippen molar-refractivity contribution in [3.63, 3.8) is 0 Å². The van der Waals surface area contributed by atoms with Crippen molar-refractivity contribution in [1.29, 1.82) is 0 Å². The molecule has 0 radical (unpaired) electrons. The summed E-state index contributed by atoms with van der Waals surface area (Å²) in [6.45, 7) is 2.06. The molecule has 1 aliphatic rings. The fraction of sp³-hybridized carbons (Fsp3) is 0.292. The third-order valence-electron chi connectivity index (χ3n) is 5.68. The van der Waals surface area contributed by atoms with Crippen LogP contribution >= 0.6 is 11.3 Å². The minimum atomic E-state index is -0.0292. The molecule has 0 aliphatic carbocycles. The molecule has 1 aliphatic heterocycles. The van der Waals surface area contributed by atoms with Gasteiger partial charge in [0.05, 0.1) is 11.9 Å². The van der Waals surface area contributed by atoms with E-state index in [9.17, 15) is 4.79 Å². The Bertz CT molecular complexity index is 1240. The van der Waals surface area contributed by atoms with Crippen molar-refractivity contribution < 1.29 is 9.53 Å². The summed E-state index contributed by atoms with van der Waals surface area (Å²) >= 11 is 1.48. The molecule has 0 saturated carbocycles. The van der Waals surface area contributed by atoms with Gasteiger partial charge in [-0.25, -0.2) is 9.97 Å². The monoisotopic (exact) mass is 445 g/mol. The number of piperidine rings is 1. The van der Waals surface area contributed by atoms with Gasteiger partial charge in [0.15, 0.2) is 5.78 Å². The molecule has 2 aromatic carbocycles. The Kier molecular flexibility index (Phi) is 5.87. The van der Waals surface area contributed by atoms with Crippen molar-refractivity contribution in [3.05, 3.63) is 65.6 Å². The Morgan fingerprint density at radius 3 is 2.88 bits per heavy atom. The summed E-state index contributed by atoms with van der Waals surface area (Å²) in [5.41, 5.74) is 4.06. The molecule has 0 amide bonds. The van der Waals surface area contributed by atoms with Crippen LogP contribution in [0.15, 0.2) is 54.2 Å². The van der Waals surface area contributed by atoms with E-state index in [1.54, 1.807) is 11.7 Å². The van der Waals surface area contributed by atoms with Gasteiger partial charge >= 0.3 is 0 Å². The molecule has 8 heteroatoms. The van der Waals surface area contributed by atoms with Crippen LogP contribution in [-0.4, -0.2) is 57.1 Å². The molecule has 0 atom stereocenters. The highest BCUT2D eigenvalue weighted by Gasteiger charge is 2.19. The molecule has 1 fully saturated rings. The van der Waals surface area contributed by atoms with E-state index < -0.39 is 0 Å². The Morgan fingerprint density at radius 1 is 1.19 bits per heavy atom. The van der Waals surface area contributed by atoms with Crippen molar-refractivity contribution >= 4 is 28.0 Å². The van der Waals surface area contributed by atoms with E-state index in [1.165, 1.54) is 11.3 Å². The average molecular weight is 446 g/mol. The molecule has 32 heavy (non-hydrogen) atoms. The lowest BCUT2D eigenvalue weighted by Gasteiger charge is -2.29. The van der Waals surface area contributed by atoms with Crippen LogP contribution in [0.2, 0.25) is 0 Å². The number of carbonyl (C=O) groups is 1. The molecule has 0 spiro atoms. The smallest absolute Gasteiger partial charge is 0.170 e. The van der Waals surface area contributed by atoms with Crippen LogP contribution in [-0.2, 0) is 6.42 Å². The highest BCUT2D eigenvalue weighted by molar-refractivity contribution is 7.12. The van der Waals surface area contributed by atoms with Crippen LogP contribution in [0.4, 0.5) is 0 Å². The molecule has 0 N–H and O–H groups in total. The van der Waals surface area contributed by atoms with Crippen molar-refractivity contribution in [2.24, 2.45) is 0 Å². The van der Waals surface area contributed by atoms with Gasteiger partial charge in [-0.3, -0.25) is 4.79 Å². The number of carbonyl (C=O) groups excluding carboxylic acids is 1. The summed E-state index contributed by atoms with van der Waals surface area (Å²) in [5.74, 6) is 1.21. The molecule has 1 saturated heterocycles. The summed E-state index contributed by atoms with van der Waals surface area (Å²) in [6, 6.07) is 13.3. The Labute approximate surface area is 190 Å². The maximum atomic E-state index is 12.9. The summed E-state index contributed by atoms with van der Waals surface area (Å²) in [7, 11) is 2.13. The van der Waals surface area contributed by atoms with Crippen LogP contribution in [0.5, 0.6) is 5.75 Å². The molecule has 7 nitrogen and oxygen atoms in total. The first-order valence-electron chi connectivity index (χ1n) is 10.6. The van der Waals surface area contributed by atoms with Gasteiger partial charge in [0.25, 0.3) is 0 Å². The third kappa shape index (κ3) is 4.66. The number of fused-ring (bicyclic) bond motifs is 1. The van der Waals surface area contributed by atoms with E-state index in [-0.39, 0.29) is 18.3 Å². The normalized spacial score (nSPS) is 15.2. The molecule has 2 aromatic heterocycles. The number of aromatic nitrogens is 4. The van der Waals surface area contributed by atoms with Crippen molar-refractivity contribution in [1.82, 2.24) is 25.1 Å². The second-order valence-corrected chi connectivity index (χ2v) is 8.89. The van der Waals surface area contributed by atoms with Crippen LogP contribution in [0.25, 0.3) is 21.5 Å². The Hall–Kier alpha value is -3.23. The van der Waals surface area contributed by atoms with Crippen molar-refractivity contribution in [2.75, 3.05) is 20.1 Å². The van der Waals surface area contributed by atoms with Crippen LogP contribution in [0.3, 0.4) is 0 Å². The van der Waals surface area contributed by atoms with Crippen LogP contribution in [0.1, 0.15) is 29.0 Å². The summed E-state index contributed by atoms with van der Waals surface area (Å²) in [5, 5.41) is 9.77. The minimum absolute atomic E-state index is 0.0292. The minimum Gasteiger partial charge on any atom is -0.490 e. The zero-order chi connectivity index (χ0) is 21.9. The molecule has 4 aromatic rings. The zero-order valence-corrected chi connectivity index (χ0v) is 18.6. The molecule has 0 unspecified atom stereocenters. The molecule has 5 rings (SSSR count). The van der Waals surface area contributed by atoms with Gasteiger partial charge in [-0.2, -0.15) is 0 Å². The van der Waals surface area contributed by atoms with Gasteiger partial charge in [-0.1, -0.05) is 35.6 Å². The zero-order valence-electron chi connectivity index (χ0n) is 17.8. The van der Waals surface area contributed by atoms with E-state index in [0.717, 1.165) is 53.2 Å². The second kappa shape index (κ2) is 9.10. The van der Waals surface area contributed by atoms with E-state index >= 15 is 0 Å². The molecule has 3 heterocycles. The fourth-order valence-corrected chi connectivity index (χ4v) is 4.41. The average Bonchev–Trinajstić information content (AvgIpc) is 3.35. The molecular weight excluding hydrogens is 422 g/mol. The first-order chi connectivity index (χ1) is 15.6. The maximum Gasteiger partial charge on any atom is 0.170 e. The Morgan fingerprint density at radius 2 is 2.06 bits per heavy atom. The summed E-state index contributed by atoms with van der Waals surface area (Å²) in [4.78, 5) is 24.3. The number of hydrogen-bond donors (Lipinski definition) is 0. The number of ether oxygens (including phenoxy) is 1. The van der Waals surface area contributed by atoms with Crippen molar-refractivity contribution in [2.45, 2.75) is 25.4 Å². The predicted octanol–water partition coefficient (Wildman–Crippen LogP) is 4.05. The van der Waals surface area contributed by atoms with Crippen molar-refractivity contribution in [3.8, 4) is 16.3 Å². The first kappa shape index (κ1) is 20.7. The van der Waals surface area contributed by atoms with Crippen LogP contribution in [0, 0.1) is 0 Å². The quantitative estimate of drug-likeness (QED) is 0.414. The van der Waals surface area contributed by atoms with Gasteiger partial charge < -0.3 is 9.64 Å². The number of benzene rings is 2. The maximum absolute atomic E-state index is 12.9. The van der Waals surface area contributed by atoms with Crippen LogP contribution < -0.4 is 4.74 Å². The molecule has 162 valence electrons. The number of likely N-dealkylation sites (tertiary alicyclic amines) is 1. The number of Topliss-reactive ketones (excluding diaryl/α,β-unsaturated/α-hetero) is 1. The van der Waals surface area contributed by atoms with Gasteiger partial charge in [0, 0.05) is 35.8 Å². The predicted molar refractivity (Wildman–Crippen MR) is 124 cm³/mol. The van der Waals surface area contributed by atoms with Gasteiger partial charge in [-0.05, 0) is 38.1 Å². The second-order valence-electron chi connectivity index (χ2n) is 8.05. The standard InChI is InChI=1S/C24H23N5O2S/c1-29-9-7-19(8-10-29)31-20-4-2-3-16(11-20)22(30)13-23-25-14-18-6-5-17(12-21(18)27-23)24-28-26-15-32-24/h2-6,11-12,14-15,19H,7-10,13H2,1H3. The lowest BCUT2D eigenvalue weighted by molar-refractivity contribution is 0.0987. The number of hydrogen-bond acceptors (Lipinski definition) is 8. The van der Waals surface area contributed by atoms with E-state index in [1.807, 2.05) is 42.5 Å². The highest BCUT2D eigenvalue weighted by atomic mass is 32.1. The number of nitrogens with zero attached hydrogens (tertiary/aromatic N) is 5. The number of rotatable bonds is 6. The number of ketones is 1. The summed E-state index contributed by atoms with van der Waals surface area (Å²) < 4.78 is 6.13. The lowest BCUT2D eigenvalue weighted by atomic mass is 10.1. The van der Waals surface area contributed by atoms with E-state index in [2.05, 4.69) is 32.1 Å². The molecular formula is C24H23N5O2S. The third-order valence-corrected chi connectivity index (χ3v) is 6.42. The molecule has 0 bridgehead atoms.